The first-order valence-electron chi connectivity index (χ1n) is 46.3. The molecule has 112 heavy (non-hydrogen) atoms. The number of ether oxygens (including phenoxy) is 2. The highest BCUT2D eigenvalue weighted by atomic mass is 31.2. The largest absolute Gasteiger partial charge is 0.475 e. The van der Waals surface area contributed by atoms with Gasteiger partial charge in [-0.05, 0) is 51.4 Å². The van der Waals surface area contributed by atoms with E-state index in [1.54, 1.807) is 0 Å². The summed E-state index contributed by atoms with van der Waals surface area (Å²) in [6, 6.07) is -2.19. The fraction of sp³-hybridized carbons (Fsp3) is 0.899. The summed E-state index contributed by atoms with van der Waals surface area (Å²) in [4.78, 5) is 66.7. The van der Waals surface area contributed by atoms with Crippen LogP contribution < -0.4 is 31.9 Å². The van der Waals surface area contributed by atoms with E-state index in [4.69, 9.17) is 36.6 Å². The van der Waals surface area contributed by atoms with Crippen LogP contribution in [0.4, 0.5) is 4.79 Å². The molecule has 0 aromatic carbocycles. The summed E-state index contributed by atoms with van der Waals surface area (Å²) in [5, 5.41) is 18.0. The minimum atomic E-state index is -4.31. The number of hydrogen-bond donors (Lipinski definition) is 6. The molecule has 660 valence electrons. The smallest absolute Gasteiger partial charge is 0.379 e. The minimum Gasteiger partial charge on any atom is -0.379 e. The maximum atomic E-state index is 14.2. The normalized spacial score (nSPS) is 13.7. The average Bonchev–Trinajstić information content (AvgIpc) is 0.889. The third-order valence-electron chi connectivity index (χ3n) is 20.5. The molecule has 6 amide bonds. The lowest BCUT2D eigenvalue weighted by Gasteiger charge is -2.24. The van der Waals surface area contributed by atoms with Crippen molar-refractivity contribution in [3.8, 4) is 0 Å². The molecule has 0 saturated carbocycles. The number of nitrogens with one attached hydrogen (secondary N) is 6. The van der Waals surface area contributed by atoms with Crippen molar-refractivity contribution >= 4 is 45.3 Å². The van der Waals surface area contributed by atoms with Crippen molar-refractivity contribution in [1.29, 1.82) is 0 Å². The van der Waals surface area contributed by atoms with Crippen molar-refractivity contribution in [2.75, 3.05) is 79.2 Å². The predicted octanol–water partition coefficient (Wildman–Crippen LogP) is 23.7. The highest BCUT2D eigenvalue weighted by molar-refractivity contribution is 7.48. The van der Waals surface area contributed by atoms with Crippen molar-refractivity contribution in [3.05, 3.63) is 25.3 Å². The fourth-order valence-electron chi connectivity index (χ4n) is 13.6. The van der Waals surface area contributed by atoms with Gasteiger partial charge in [0.2, 0.25) is 23.6 Å². The first kappa shape index (κ1) is 109. The van der Waals surface area contributed by atoms with Crippen LogP contribution in [-0.4, -0.2) is 133 Å². The number of amides is 6. The highest BCUT2D eigenvalue weighted by Crippen LogP contribution is 2.50. The van der Waals surface area contributed by atoms with Crippen LogP contribution in [-0.2, 0) is 64.9 Å². The molecule has 0 aromatic heterocycles. The van der Waals surface area contributed by atoms with Gasteiger partial charge in [0.15, 0.2) is 0 Å². The molecule has 0 rings (SSSR count). The number of carbonyl (C=O) groups is 5. The summed E-state index contributed by atoms with van der Waals surface area (Å²) in [6.45, 7) is 19.8. The van der Waals surface area contributed by atoms with E-state index in [1.807, 2.05) is 0 Å². The molecule has 0 bridgehead atoms. The van der Waals surface area contributed by atoms with Gasteiger partial charge in [-0.2, -0.15) is 0 Å². The van der Waals surface area contributed by atoms with Crippen LogP contribution in [0, 0.1) is 0 Å². The van der Waals surface area contributed by atoms with Crippen molar-refractivity contribution < 1.29 is 69.7 Å². The van der Waals surface area contributed by atoms with E-state index < -0.39 is 33.8 Å². The quantitative estimate of drug-likeness (QED) is 0.0188. The summed E-state index contributed by atoms with van der Waals surface area (Å²) < 4.78 is 75.3. The van der Waals surface area contributed by atoms with Crippen molar-refractivity contribution in [1.82, 2.24) is 31.9 Å². The van der Waals surface area contributed by atoms with E-state index in [2.05, 4.69) is 86.6 Å². The second-order valence-corrected chi connectivity index (χ2v) is 34.8. The minimum absolute atomic E-state index is 0.0465. The summed E-state index contributed by atoms with van der Waals surface area (Å²) in [7, 11) is -8.61. The van der Waals surface area contributed by atoms with Crippen molar-refractivity contribution in [3.63, 3.8) is 0 Å². The number of urea groups is 1. The van der Waals surface area contributed by atoms with Crippen LogP contribution in [0.5, 0.6) is 0 Å². The second kappa shape index (κ2) is 82.9. The summed E-state index contributed by atoms with van der Waals surface area (Å²) >= 11 is 0. The maximum Gasteiger partial charge on any atom is 0.475 e. The molecule has 21 nitrogen and oxygen atoms in total. The maximum absolute atomic E-state index is 14.2. The Morgan fingerprint density at radius 2 is 0.509 bits per heavy atom. The second-order valence-electron chi connectivity index (χ2n) is 31.4. The lowest BCUT2D eigenvalue weighted by molar-refractivity contribution is -0.123. The van der Waals surface area contributed by atoms with E-state index in [0.29, 0.717) is 51.7 Å². The molecular weight excluding hydrogens is 1450 g/mol. The third-order valence-corrected chi connectivity index (χ3v) is 23.4. The number of phosphoric acid groups is 2. The molecule has 6 N–H and O–H groups in total. The van der Waals surface area contributed by atoms with Gasteiger partial charge >= 0.3 is 21.7 Å². The Morgan fingerprint density at radius 1 is 0.277 bits per heavy atom. The number of hydrogen-bond acceptors (Lipinski definition) is 15. The van der Waals surface area contributed by atoms with Gasteiger partial charge in [0.25, 0.3) is 0 Å². The molecule has 23 heteroatoms. The molecule has 0 aromatic rings. The lowest BCUT2D eigenvalue weighted by Crippen LogP contribution is -2.42. The van der Waals surface area contributed by atoms with Gasteiger partial charge in [0.1, 0.15) is 0 Å². The SMILES string of the molecule is C=CCOP(=O)(OCCNC(=O)NCCOP(=O)(OCC=C)OC[C@@H](COCC[C@H](CCCCCCC)NC(=O)CCCCCCCCCCC)NC(=O)CCCCCCCCCCCCC)OC[C@@H](COCC[C@H](CCCCCCC)NC(=O)CCCCCCCCCCC)NC(=O)CCCCCCCCCCCCC. The molecule has 0 fully saturated rings. The zero-order valence-electron chi connectivity index (χ0n) is 72.9. The zero-order chi connectivity index (χ0) is 82.0. The molecule has 0 aliphatic carbocycles. The van der Waals surface area contributed by atoms with E-state index in [1.165, 1.54) is 192 Å². The van der Waals surface area contributed by atoms with Crippen LogP contribution in [0.25, 0.3) is 0 Å². The Labute approximate surface area is 686 Å². The van der Waals surface area contributed by atoms with Crippen LogP contribution in [0.15, 0.2) is 25.3 Å². The van der Waals surface area contributed by atoms with Crippen LogP contribution in [0.3, 0.4) is 0 Å². The molecule has 0 spiro atoms. The molecular formula is C89H174N6O15P2. The third kappa shape index (κ3) is 74.3. The van der Waals surface area contributed by atoms with E-state index in [-0.39, 0.29) is 102 Å². The lowest BCUT2D eigenvalue weighted by atomic mass is 10.0. The van der Waals surface area contributed by atoms with Crippen LogP contribution in [0.1, 0.15) is 414 Å². The van der Waals surface area contributed by atoms with Gasteiger partial charge in [0, 0.05) is 64.1 Å². The molecule has 0 saturated heterocycles. The van der Waals surface area contributed by atoms with Crippen LogP contribution in [0.2, 0.25) is 0 Å². The Bertz CT molecular complexity index is 2130. The Hall–Kier alpha value is -3.23. The molecule has 0 aliphatic rings. The first-order chi connectivity index (χ1) is 54.6. The Kier molecular flexibility index (Phi) is 80.5. The van der Waals surface area contributed by atoms with E-state index >= 15 is 0 Å². The highest BCUT2D eigenvalue weighted by Gasteiger charge is 2.31. The number of phosphoric ester groups is 2. The topological polar surface area (TPSA) is 266 Å². The van der Waals surface area contributed by atoms with Crippen LogP contribution >= 0.6 is 15.6 Å². The van der Waals surface area contributed by atoms with Gasteiger partial charge in [-0.3, -0.25) is 46.3 Å². The summed E-state index contributed by atoms with van der Waals surface area (Å²) in [5.74, 6) is -0.207. The molecule has 0 radical (unpaired) electrons. The fourth-order valence-corrected chi connectivity index (χ4v) is 16.0. The van der Waals surface area contributed by atoms with Gasteiger partial charge in [-0.15, -0.1) is 13.2 Å². The molecule has 0 heterocycles. The predicted molar refractivity (Wildman–Crippen MR) is 464 cm³/mol. The molecule has 6 atom stereocenters. The monoisotopic (exact) mass is 1630 g/mol. The van der Waals surface area contributed by atoms with Crippen molar-refractivity contribution in [2.45, 2.75) is 438 Å². The van der Waals surface area contributed by atoms with Gasteiger partial charge < -0.3 is 41.4 Å². The zero-order valence-corrected chi connectivity index (χ0v) is 74.7. The number of rotatable bonds is 90. The van der Waals surface area contributed by atoms with Crippen molar-refractivity contribution in [2.24, 2.45) is 0 Å². The van der Waals surface area contributed by atoms with Gasteiger partial charge in [0.05, 0.1) is 64.9 Å². The Balaban J connectivity index is 5.99. The van der Waals surface area contributed by atoms with Gasteiger partial charge in [-0.1, -0.05) is 349 Å². The van der Waals surface area contributed by atoms with Gasteiger partial charge in [-0.25, -0.2) is 13.9 Å². The Morgan fingerprint density at radius 3 is 0.759 bits per heavy atom. The number of unbranched alkanes of at least 4 members (excludes halogenated alkanes) is 44. The average molecular weight is 1630 g/mol. The summed E-state index contributed by atoms with van der Waals surface area (Å²) in [6.07, 6.45) is 65.4. The van der Waals surface area contributed by atoms with E-state index in [9.17, 15) is 33.1 Å². The standard InChI is InChI=1S/C89H174N6O15P2/c1-9-17-23-29-33-37-39-43-47-53-59-65-87(98)94-83(77-103-73-67-81(61-55-49-27-21-13-5)92-85(96)63-57-51-45-41-35-31-25-19-11-3)79-109-111(101,105-71-15-7)107-75-69-90-89(100)91-70-76-108-112(102,106-72-16-8)110-80-84(95-88(99)66-60-54-48-44-40-38-34-30-24-18-10-2)78-104-74-68-82(62-56-50-28-22-14-6)93-86(97)64-58-52-46-42-36-32-26-20-12-4/h15-16,81-84H,7-14,17-80H2,1-6H3,(H,92,96)(H,93,97)(H,94,98)(H,95,99)(H2,90,91,100)/t81-,82-,83+,84+,111?,112?/m0/s1. The van der Waals surface area contributed by atoms with E-state index in [0.717, 1.165) is 154 Å². The molecule has 2 unspecified atom stereocenters. The summed E-state index contributed by atoms with van der Waals surface area (Å²) in [5.41, 5.74) is 0. The molecule has 0 aliphatic heterocycles. The first-order valence-corrected chi connectivity index (χ1v) is 49.2. The number of carbonyl (C=O) groups excluding carboxylic acids is 5.